The van der Waals surface area contributed by atoms with Crippen molar-refractivity contribution in [2.24, 2.45) is 0 Å². The highest BCUT2D eigenvalue weighted by atomic mass is 16.7. The van der Waals surface area contributed by atoms with Crippen LogP contribution in [0.3, 0.4) is 0 Å². The number of aliphatic hydroxyl groups excluding tert-OH is 2. The molecule has 3 saturated heterocycles. The quantitative estimate of drug-likeness (QED) is 0.461. The van der Waals surface area contributed by atoms with Gasteiger partial charge in [-0.25, -0.2) is 0 Å². The summed E-state index contributed by atoms with van der Waals surface area (Å²) in [6.45, 7) is 3.53. The summed E-state index contributed by atoms with van der Waals surface area (Å²) in [6.07, 6.45) is -4.81. The minimum absolute atomic E-state index is 0.0287. The third kappa shape index (κ3) is 2.90. The average molecular weight is 478 g/mol. The molecule has 0 spiro atoms. The third-order valence-corrected chi connectivity index (χ3v) is 8.15. The summed E-state index contributed by atoms with van der Waals surface area (Å²) in [5.41, 5.74) is -2.85. The van der Waals surface area contributed by atoms with E-state index in [1.807, 2.05) is 21.0 Å². The number of ketones is 1. The molecule has 1 aliphatic carbocycles. The molecule has 5 rings (SSSR count). The fraction of sp³-hybridized carbons (Fsp3) is 0.667. The number of epoxide rings is 1. The zero-order valence-corrected chi connectivity index (χ0v) is 19.6. The van der Waals surface area contributed by atoms with Crippen molar-refractivity contribution in [3.05, 3.63) is 28.8 Å². The molecular formula is C24H31NO9. The van der Waals surface area contributed by atoms with E-state index in [4.69, 9.17) is 14.2 Å². The topological polar surface area (TPSA) is 149 Å². The van der Waals surface area contributed by atoms with Crippen molar-refractivity contribution in [1.82, 2.24) is 4.90 Å². The van der Waals surface area contributed by atoms with Crippen LogP contribution in [0.5, 0.6) is 5.75 Å². The van der Waals surface area contributed by atoms with Gasteiger partial charge in [-0.15, -0.1) is 0 Å². The highest BCUT2D eigenvalue weighted by Crippen LogP contribution is 2.68. The van der Waals surface area contributed by atoms with E-state index in [9.17, 15) is 30.0 Å². The predicted molar refractivity (Wildman–Crippen MR) is 117 cm³/mol. The second-order valence-electron chi connectivity index (χ2n) is 10.1. The molecule has 3 aliphatic heterocycles. The Kier molecular flexibility index (Phi) is 5.36. The number of aliphatic carboxylic acids is 1. The number of rotatable bonds is 4. The van der Waals surface area contributed by atoms with E-state index in [1.165, 1.54) is 6.07 Å². The number of carboxylic acids is 1. The van der Waals surface area contributed by atoms with Gasteiger partial charge >= 0.3 is 5.97 Å². The Morgan fingerprint density at radius 2 is 1.88 bits per heavy atom. The number of nitrogens with zero attached hydrogens (tertiary/aromatic N) is 1. The Hall–Kier alpha value is -2.08. The molecule has 0 radical (unpaired) electrons. The van der Waals surface area contributed by atoms with Crippen LogP contribution in [-0.4, -0.2) is 92.8 Å². The molecular weight excluding hydrogens is 446 g/mol. The normalized spacial score (nSPS) is 43.1. The van der Waals surface area contributed by atoms with Crippen LogP contribution in [0.1, 0.15) is 66.8 Å². The number of fused-ring (bicyclic) bond motifs is 1. The van der Waals surface area contributed by atoms with Gasteiger partial charge in [0.25, 0.3) is 0 Å². The summed E-state index contributed by atoms with van der Waals surface area (Å²) in [4.78, 5) is 27.5. The maximum absolute atomic E-state index is 14.0. The number of carboxylic acid groups (broad SMARTS) is 1. The van der Waals surface area contributed by atoms with Gasteiger partial charge in [0.15, 0.2) is 11.2 Å². The van der Waals surface area contributed by atoms with Crippen molar-refractivity contribution in [3.63, 3.8) is 0 Å². The van der Waals surface area contributed by atoms with Crippen molar-refractivity contribution in [3.8, 4) is 5.75 Å². The molecule has 4 N–H and O–H groups in total. The van der Waals surface area contributed by atoms with E-state index in [-0.39, 0.29) is 29.0 Å². The maximum Gasteiger partial charge on any atom is 0.306 e. The summed E-state index contributed by atoms with van der Waals surface area (Å²) in [6, 6.07) is 3.25. The second kappa shape index (κ2) is 7.71. The van der Waals surface area contributed by atoms with Crippen LogP contribution >= 0.6 is 0 Å². The number of ether oxygens (including phenoxy) is 3. The van der Waals surface area contributed by atoms with Gasteiger partial charge < -0.3 is 39.5 Å². The fourth-order valence-electron chi connectivity index (χ4n) is 6.49. The monoisotopic (exact) mass is 477 g/mol. The maximum atomic E-state index is 14.0. The summed E-state index contributed by atoms with van der Waals surface area (Å²) < 4.78 is 17.9. The molecule has 0 bridgehead atoms. The third-order valence-electron chi connectivity index (χ3n) is 8.15. The lowest BCUT2D eigenvalue weighted by Gasteiger charge is -2.44. The molecule has 9 atom stereocenters. The van der Waals surface area contributed by atoms with Crippen LogP contribution in [-0.2, 0) is 19.0 Å². The van der Waals surface area contributed by atoms with Crippen molar-refractivity contribution in [2.75, 3.05) is 14.1 Å². The summed E-state index contributed by atoms with van der Waals surface area (Å²) in [5, 5.41) is 42.4. The standard InChI is InChI=1S/C24H31NO9/c1-10-13(25(3)4)6-8-15(32-10)12-5-7-14(26)19-18(12)21(30)24-20(29)16(9-17(27)28)33-11(2)23(24,34-24)22(19)31/h5,7,10-11,13,15-16,20,22,26,29,31H,6,8-9H2,1-4H3,(H,27,28). The molecule has 3 heterocycles. The number of carbonyl (C=O) groups excluding carboxylic acids is 1. The van der Waals surface area contributed by atoms with Gasteiger partial charge in [-0.3, -0.25) is 9.59 Å². The first-order chi connectivity index (χ1) is 16.0. The van der Waals surface area contributed by atoms with Crippen molar-refractivity contribution in [1.29, 1.82) is 0 Å². The van der Waals surface area contributed by atoms with Gasteiger partial charge in [-0.05, 0) is 52.4 Å². The number of aliphatic hydroxyl groups is 2. The predicted octanol–water partition coefficient (Wildman–Crippen LogP) is 0.923. The molecule has 4 aliphatic rings. The number of likely N-dealkylation sites (N-methyl/N-ethyl adjacent to an activating group) is 1. The molecule has 9 unspecified atom stereocenters. The number of phenols is 1. The van der Waals surface area contributed by atoms with Crippen LogP contribution in [0, 0.1) is 0 Å². The Balaban J connectivity index is 1.59. The Bertz CT molecular complexity index is 1040. The SMILES string of the molecule is CC1OC(c2ccc(O)c3c2C(=O)C24OC2(C(C)OC(CC(=O)O)C4O)C3O)CCC1N(C)C. The zero-order valence-electron chi connectivity index (χ0n) is 19.6. The van der Waals surface area contributed by atoms with Crippen LogP contribution in [0.4, 0.5) is 0 Å². The van der Waals surface area contributed by atoms with E-state index in [2.05, 4.69) is 4.90 Å². The molecule has 34 heavy (non-hydrogen) atoms. The summed E-state index contributed by atoms with van der Waals surface area (Å²) in [5.74, 6) is -2.05. The Labute approximate surface area is 197 Å². The lowest BCUT2D eigenvalue weighted by Crippen LogP contribution is -2.63. The number of hydrogen-bond donors (Lipinski definition) is 4. The Morgan fingerprint density at radius 1 is 1.18 bits per heavy atom. The highest BCUT2D eigenvalue weighted by Gasteiger charge is 2.88. The fourth-order valence-corrected chi connectivity index (χ4v) is 6.49. The molecule has 10 nitrogen and oxygen atoms in total. The van der Waals surface area contributed by atoms with E-state index in [0.717, 1.165) is 6.42 Å². The molecule has 0 aromatic heterocycles. The lowest BCUT2D eigenvalue weighted by molar-refractivity contribution is -0.162. The lowest BCUT2D eigenvalue weighted by atomic mass is 9.64. The van der Waals surface area contributed by atoms with Crippen LogP contribution in [0.25, 0.3) is 0 Å². The van der Waals surface area contributed by atoms with Gasteiger partial charge in [-0.1, -0.05) is 6.07 Å². The van der Waals surface area contributed by atoms with Crippen molar-refractivity contribution in [2.45, 2.75) is 87.0 Å². The van der Waals surface area contributed by atoms with E-state index in [0.29, 0.717) is 12.0 Å². The minimum Gasteiger partial charge on any atom is -0.508 e. The largest absolute Gasteiger partial charge is 0.508 e. The van der Waals surface area contributed by atoms with Gasteiger partial charge in [0, 0.05) is 17.2 Å². The van der Waals surface area contributed by atoms with Crippen molar-refractivity contribution >= 4 is 11.8 Å². The molecule has 3 fully saturated rings. The molecule has 10 heteroatoms. The molecule has 0 amide bonds. The van der Waals surface area contributed by atoms with E-state index < -0.39 is 59.9 Å². The minimum atomic E-state index is -1.85. The van der Waals surface area contributed by atoms with Gasteiger partial charge in [0.05, 0.1) is 30.8 Å². The smallest absolute Gasteiger partial charge is 0.306 e. The van der Waals surface area contributed by atoms with Gasteiger partial charge in [-0.2, -0.15) is 0 Å². The second-order valence-corrected chi connectivity index (χ2v) is 10.1. The number of aromatic hydroxyl groups is 1. The van der Waals surface area contributed by atoms with Crippen molar-refractivity contribution < 1.29 is 44.2 Å². The van der Waals surface area contributed by atoms with Gasteiger partial charge in [0.2, 0.25) is 5.78 Å². The first-order valence-corrected chi connectivity index (χ1v) is 11.6. The first-order valence-electron chi connectivity index (χ1n) is 11.6. The molecule has 1 aromatic carbocycles. The van der Waals surface area contributed by atoms with E-state index in [1.54, 1.807) is 13.0 Å². The highest BCUT2D eigenvalue weighted by molar-refractivity contribution is 6.11. The Morgan fingerprint density at radius 3 is 2.50 bits per heavy atom. The van der Waals surface area contributed by atoms with Gasteiger partial charge in [0.1, 0.15) is 18.0 Å². The number of benzene rings is 1. The zero-order chi connectivity index (χ0) is 24.7. The van der Waals surface area contributed by atoms with Crippen LogP contribution in [0.15, 0.2) is 12.1 Å². The number of hydrogen-bond acceptors (Lipinski definition) is 9. The number of carbonyl (C=O) groups is 2. The number of phenolic OH excluding ortho intramolecular Hbond substituents is 1. The summed E-state index contributed by atoms with van der Waals surface area (Å²) >= 11 is 0. The number of Topliss-reactive ketones (excluding diaryl/α,β-unsaturated/α-hetero) is 1. The molecule has 186 valence electrons. The van der Waals surface area contributed by atoms with Crippen LogP contribution in [0.2, 0.25) is 0 Å². The average Bonchev–Trinajstić information content (AvgIpc) is 3.49. The summed E-state index contributed by atoms with van der Waals surface area (Å²) in [7, 11) is 3.97. The van der Waals surface area contributed by atoms with Crippen LogP contribution < -0.4 is 0 Å². The van der Waals surface area contributed by atoms with E-state index >= 15 is 0 Å². The first kappa shape index (κ1) is 23.7. The molecule has 0 saturated carbocycles. The molecule has 1 aromatic rings.